The highest BCUT2D eigenvalue weighted by Crippen LogP contribution is 2.31. The second-order valence-electron chi connectivity index (χ2n) is 8.73. The molecule has 11 heteroatoms. The third-order valence-corrected chi connectivity index (χ3v) is 6.28. The third-order valence-electron chi connectivity index (χ3n) is 6.00. The monoisotopic (exact) mass is 525 g/mol. The zero-order chi connectivity index (χ0) is 26.5. The Morgan fingerprint density at radius 2 is 2.03 bits per heavy atom. The average molecular weight is 526 g/mol. The van der Waals surface area contributed by atoms with Gasteiger partial charge in [0.05, 0.1) is 43.3 Å². The number of aliphatic hydroxyl groups is 2. The molecular formula is C26H28ClN5O5. The minimum absolute atomic E-state index is 0.0866. The van der Waals surface area contributed by atoms with Gasteiger partial charge in [0, 0.05) is 23.7 Å². The molecule has 194 valence electrons. The largest absolute Gasteiger partial charge is 0.497 e. The van der Waals surface area contributed by atoms with E-state index in [2.05, 4.69) is 20.6 Å². The summed E-state index contributed by atoms with van der Waals surface area (Å²) in [7, 11) is 1.54. The molecular weight excluding hydrogens is 498 g/mol. The van der Waals surface area contributed by atoms with Crippen LogP contribution in [0.1, 0.15) is 34.5 Å². The molecule has 0 spiro atoms. The summed E-state index contributed by atoms with van der Waals surface area (Å²) in [6.45, 7) is 1.52. The molecule has 2 amide bonds. The van der Waals surface area contributed by atoms with E-state index in [0.29, 0.717) is 39.1 Å². The first-order chi connectivity index (χ1) is 17.8. The minimum Gasteiger partial charge on any atom is -0.497 e. The summed E-state index contributed by atoms with van der Waals surface area (Å²) in [6, 6.07) is 11.5. The van der Waals surface area contributed by atoms with Gasteiger partial charge in [-0.15, -0.1) is 0 Å². The highest BCUT2D eigenvalue weighted by atomic mass is 35.5. The first-order valence-corrected chi connectivity index (χ1v) is 12.1. The van der Waals surface area contributed by atoms with Crippen molar-refractivity contribution >= 4 is 29.4 Å². The van der Waals surface area contributed by atoms with Crippen molar-refractivity contribution in [1.82, 2.24) is 20.2 Å². The summed E-state index contributed by atoms with van der Waals surface area (Å²) in [4.78, 5) is 35.9. The normalized spacial score (nSPS) is 14.2. The van der Waals surface area contributed by atoms with E-state index in [9.17, 15) is 19.8 Å². The van der Waals surface area contributed by atoms with E-state index in [1.807, 2.05) is 12.1 Å². The highest BCUT2D eigenvalue weighted by Gasteiger charge is 2.30. The first kappa shape index (κ1) is 26.3. The quantitative estimate of drug-likeness (QED) is 0.317. The van der Waals surface area contributed by atoms with Crippen molar-refractivity contribution in [2.24, 2.45) is 0 Å². The molecule has 1 aliphatic heterocycles. The molecule has 0 fully saturated rings. The molecule has 0 radical (unpaired) electrons. The van der Waals surface area contributed by atoms with Crippen LogP contribution in [0.4, 0.5) is 5.95 Å². The van der Waals surface area contributed by atoms with Crippen LogP contribution in [0.25, 0.3) is 11.3 Å². The second-order valence-corrected chi connectivity index (χ2v) is 9.14. The number of ether oxygens (including phenoxy) is 1. The standard InChI is InChI=1S/C26H28ClN5O5/c1-15(13-33)29-26-28-10-21(27)24(31-26)17-6-7-18-11-32(25(36)20(18)9-17)12-23(35)30-22(14-34)16-4-3-5-19(8-16)37-2/h3-10,15,22,33-34H,11-14H2,1-2H3,(H,30,35)(H,28,29,31). The number of anilines is 1. The molecule has 2 unspecified atom stereocenters. The van der Waals surface area contributed by atoms with Gasteiger partial charge >= 0.3 is 0 Å². The highest BCUT2D eigenvalue weighted by molar-refractivity contribution is 6.33. The Labute approximate surface area is 219 Å². The number of nitrogens with zero attached hydrogens (tertiary/aromatic N) is 3. The first-order valence-electron chi connectivity index (χ1n) is 11.7. The molecule has 2 aromatic carbocycles. The van der Waals surface area contributed by atoms with Crippen LogP contribution in [0.3, 0.4) is 0 Å². The lowest BCUT2D eigenvalue weighted by Crippen LogP contribution is -2.40. The summed E-state index contributed by atoms with van der Waals surface area (Å²) in [6.07, 6.45) is 1.46. The van der Waals surface area contributed by atoms with Gasteiger partial charge in [0.2, 0.25) is 11.9 Å². The fourth-order valence-electron chi connectivity index (χ4n) is 4.05. The van der Waals surface area contributed by atoms with Gasteiger partial charge in [-0.2, -0.15) is 0 Å². The Morgan fingerprint density at radius 1 is 1.22 bits per heavy atom. The van der Waals surface area contributed by atoms with Crippen molar-refractivity contribution in [3.05, 3.63) is 70.4 Å². The summed E-state index contributed by atoms with van der Waals surface area (Å²) in [5.74, 6) is 0.239. The zero-order valence-corrected chi connectivity index (χ0v) is 21.2. The molecule has 0 bridgehead atoms. The van der Waals surface area contributed by atoms with E-state index in [0.717, 1.165) is 5.56 Å². The fraction of sp³-hybridized carbons (Fsp3) is 0.308. The van der Waals surface area contributed by atoms with Gasteiger partial charge in [-0.25, -0.2) is 9.97 Å². The number of nitrogens with one attached hydrogen (secondary N) is 2. The molecule has 0 aliphatic carbocycles. The number of hydrogen-bond donors (Lipinski definition) is 4. The molecule has 4 N–H and O–H groups in total. The number of halogens is 1. The van der Waals surface area contributed by atoms with Crippen LogP contribution in [0, 0.1) is 0 Å². The average Bonchev–Trinajstić information content (AvgIpc) is 3.22. The van der Waals surface area contributed by atoms with Crippen molar-refractivity contribution in [1.29, 1.82) is 0 Å². The van der Waals surface area contributed by atoms with Crippen molar-refractivity contribution in [3.8, 4) is 17.0 Å². The van der Waals surface area contributed by atoms with Crippen molar-refractivity contribution < 1.29 is 24.5 Å². The molecule has 2 heterocycles. The second kappa shape index (κ2) is 11.5. The maximum atomic E-state index is 13.1. The van der Waals surface area contributed by atoms with Gasteiger partial charge in [-0.1, -0.05) is 35.9 Å². The molecule has 10 nitrogen and oxygen atoms in total. The fourth-order valence-corrected chi connectivity index (χ4v) is 4.25. The third kappa shape index (κ3) is 5.99. The Hall–Kier alpha value is -3.73. The molecule has 37 heavy (non-hydrogen) atoms. The van der Waals surface area contributed by atoms with Crippen LogP contribution < -0.4 is 15.4 Å². The SMILES string of the molecule is COc1cccc(C(CO)NC(=O)CN2Cc3ccc(-c4nc(NC(C)CO)ncc4Cl)cc3C2=O)c1. The van der Waals surface area contributed by atoms with Gasteiger partial charge in [-0.05, 0) is 36.2 Å². The summed E-state index contributed by atoms with van der Waals surface area (Å²) >= 11 is 6.34. The number of aliphatic hydroxyl groups excluding tert-OH is 2. The molecule has 2 atom stereocenters. The zero-order valence-electron chi connectivity index (χ0n) is 20.4. The van der Waals surface area contributed by atoms with Crippen LogP contribution in [-0.2, 0) is 11.3 Å². The summed E-state index contributed by atoms with van der Waals surface area (Å²) in [5, 5.41) is 25.2. The Bertz CT molecular complexity index is 1300. The lowest BCUT2D eigenvalue weighted by Gasteiger charge is -2.20. The molecule has 0 saturated heterocycles. The van der Waals surface area contributed by atoms with E-state index in [1.165, 1.54) is 11.1 Å². The Morgan fingerprint density at radius 3 is 2.76 bits per heavy atom. The maximum Gasteiger partial charge on any atom is 0.254 e. The minimum atomic E-state index is -0.634. The molecule has 1 aromatic heterocycles. The lowest BCUT2D eigenvalue weighted by molar-refractivity contribution is -0.122. The smallest absolute Gasteiger partial charge is 0.254 e. The van der Waals surface area contributed by atoms with Crippen LogP contribution in [0.5, 0.6) is 5.75 Å². The van der Waals surface area contributed by atoms with Gasteiger partial charge in [0.25, 0.3) is 5.91 Å². The topological polar surface area (TPSA) is 137 Å². The van der Waals surface area contributed by atoms with E-state index in [-0.39, 0.29) is 38.3 Å². The number of aromatic nitrogens is 2. The van der Waals surface area contributed by atoms with Crippen LogP contribution in [0.2, 0.25) is 5.02 Å². The van der Waals surface area contributed by atoms with E-state index in [4.69, 9.17) is 16.3 Å². The molecule has 1 aliphatic rings. The lowest BCUT2D eigenvalue weighted by atomic mass is 10.0. The van der Waals surface area contributed by atoms with E-state index in [1.54, 1.807) is 44.4 Å². The van der Waals surface area contributed by atoms with E-state index < -0.39 is 11.9 Å². The number of amides is 2. The number of hydrogen-bond acceptors (Lipinski definition) is 8. The van der Waals surface area contributed by atoms with Crippen molar-refractivity contribution in [2.75, 3.05) is 32.2 Å². The van der Waals surface area contributed by atoms with Crippen LogP contribution in [-0.4, -0.2) is 69.8 Å². The van der Waals surface area contributed by atoms with E-state index >= 15 is 0 Å². The summed E-state index contributed by atoms with van der Waals surface area (Å²) < 4.78 is 5.21. The van der Waals surface area contributed by atoms with Crippen molar-refractivity contribution in [3.63, 3.8) is 0 Å². The van der Waals surface area contributed by atoms with Gasteiger partial charge < -0.3 is 30.5 Å². The predicted octanol–water partition coefficient (Wildman–Crippen LogP) is 2.40. The van der Waals surface area contributed by atoms with Crippen LogP contribution in [0.15, 0.2) is 48.7 Å². The number of benzene rings is 2. The Balaban J connectivity index is 1.47. The number of methoxy groups -OCH3 is 1. The maximum absolute atomic E-state index is 13.1. The van der Waals surface area contributed by atoms with Gasteiger partial charge in [-0.3, -0.25) is 9.59 Å². The van der Waals surface area contributed by atoms with Gasteiger partial charge in [0.15, 0.2) is 0 Å². The molecule has 4 rings (SSSR count). The Kier molecular flexibility index (Phi) is 8.22. The van der Waals surface area contributed by atoms with Crippen LogP contribution >= 0.6 is 11.6 Å². The number of fused-ring (bicyclic) bond motifs is 1. The number of rotatable bonds is 10. The predicted molar refractivity (Wildman–Crippen MR) is 138 cm³/mol. The number of carbonyl (C=O) groups excluding carboxylic acids is 2. The molecule has 0 saturated carbocycles. The van der Waals surface area contributed by atoms with Gasteiger partial charge in [0.1, 0.15) is 12.3 Å². The summed E-state index contributed by atoms with van der Waals surface area (Å²) in [5.41, 5.74) is 3.01. The molecule has 3 aromatic rings. The number of carbonyl (C=O) groups is 2. The van der Waals surface area contributed by atoms with Crippen molar-refractivity contribution in [2.45, 2.75) is 25.6 Å².